The van der Waals surface area contributed by atoms with E-state index in [-0.39, 0.29) is 110 Å². The Hall–Kier alpha value is 3.44. The average molecular weight is 510 g/mol. The van der Waals surface area contributed by atoms with E-state index in [2.05, 4.69) is 0 Å². The van der Waals surface area contributed by atoms with Gasteiger partial charge in [-0.15, -0.1) is 0 Å². The first-order valence-electron chi connectivity index (χ1n) is 0. The summed E-state index contributed by atoms with van der Waals surface area (Å²) in [7, 11) is 0. The minimum absolute atomic E-state index is 0. The van der Waals surface area contributed by atoms with Crippen molar-refractivity contribution in [3.05, 3.63) is 0 Å². The van der Waals surface area contributed by atoms with Gasteiger partial charge in [0.2, 0.25) is 0 Å². The predicted molar refractivity (Wildman–Crippen MR) is 0 cm³/mol. The summed E-state index contributed by atoms with van der Waals surface area (Å²) in [5, 5.41) is 0. The molecule has 0 aromatic carbocycles. The Labute approximate surface area is 108 Å². The molecule has 0 saturated carbocycles. The van der Waals surface area contributed by atoms with Crippen LogP contribution in [0.4, 0.5) is 0 Å². The van der Waals surface area contributed by atoms with E-state index < -0.39 is 0 Å². The SMILES string of the molecule is [Cr].[Cu].[Fe].[Mo].[Ni].[W]. The standard InChI is InChI=1S/Cr.Cu.Fe.Mo.Ni.W. The van der Waals surface area contributed by atoms with Crippen molar-refractivity contribution < 1.29 is 110 Å². The molecule has 0 fully saturated rings. The van der Waals surface area contributed by atoms with E-state index in [1.165, 1.54) is 0 Å². The van der Waals surface area contributed by atoms with Crippen molar-refractivity contribution in [2.24, 2.45) is 0 Å². The van der Waals surface area contributed by atoms with Crippen LogP contribution in [0.1, 0.15) is 0 Å². The van der Waals surface area contributed by atoms with Gasteiger partial charge >= 0.3 is 0 Å². The molecule has 0 rings (SSSR count). The molecule has 0 atom stereocenters. The summed E-state index contributed by atoms with van der Waals surface area (Å²) in [5.74, 6) is 0. The molecule has 47 valence electrons. The van der Waals surface area contributed by atoms with Gasteiger partial charge in [-0.1, -0.05) is 0 Å². The third-order valence-electron chi connectivity index (χ3n) is 0. The van der Waals surface area contributed by atoms with Crippen molar-refractivity contribution in [3.8, 4) is 0 Å². The van der Waals surface area contributed by atoms with Crippen LogP contribution in [0.3, 0.4) is 0 Å². The number of hydrogen-bond acceptors (Lipinski definition) is 0. The summed E-state index contributed by atoms with van der Waals surface area (Å²) < 4.78 is 0. The van der Waals surface area contributed by atoms with Gasteiger partial charge in [0.25, 0.3) is 0 Å². The fourth-order valence-corrected chi connectivity index (χ4v) is 0. The summed E-state index contributed by atoms with van der Waals surface area (Å²) in [6.45, 7) is 0. The van der Waals surface area contributed by atoms with Gasteiger partial charge < -0.3 is 0 Å². The van der Waals surface area contributed by atoms with Crippen molar-refractivity contribution in [3.63, 3.8) is 0 Å². The fraction of sp³-hybridized carbons (Fsp3) is 0. The van der Waals surface area contributed by atoms with E-state index >= 15 is 0 Å². The Bertz CT molecular complexity index is 15.5. The van der Waals surface area contributed by atoms with Gasteiger partial charge in [0, 0.05) is 110 Å². The topological polar surface area (TPSA) is 0 Å². The first-order chi connectivity index (χ1) is 0. The van der Waals surface area contributed by atoms with Gasteiger partial charge in [-0.25, -0.2) is 0 Å². The monoisotopic (exact) mass is 511 g/mol. The molecule has 1 radical (unpaired) electrons. The van der Waals surface area contributed by atoms with E-state index in [1.54, 1.807) is 0 Å². The van der Waals surface area contributed by atoms with Crippen LogP contribution < -0.4 is 0 Å². The maximum atomic E-state index is 0. The van der Waals surface area contributed by atoms with E-state index in [0.717, 1.165) is 0 Å². The van der Waals surface area contributed by atoms with Gasteiger partial charge in [0.1, 0.15) is 0 Å². The smallest absolute Gasteiger partial charge is 0 e. The van der Waals surface area contributed by atoms with Crippen molar-refractivity contribution >= 4 is 0 Å². The molecular formula is CrCuFeMoNiW. The maximum absolute atomic E-state index is 0. The predicted octanol–water partition coefficient (Wildman–Crippen LogP) is -0.0150. The quantitative estimate of drug-likeness (QED) is 0.403. The largest absolute Gasteiger partial charge is 0 e. The summed E-state index contributed by atoms with van der Waals surface area (Å²) in [4.78, 5) is 0. The van der Waals surface area contributed by atoms with E-state index in [4.69, 9.17) is 0 Å². The van der Waals surface area contributed by atoms with Gasteiger partial charge in [-0.2, -0.15) is 0 Å². The van der Waals surface area contributed by atoms with Crippen molar-refractivity contribution in [1.29, 1.82) is 0 Å². The second-order valence-electron chi connectivity index (χ2n) is 0. The van der Waals surface area contributed by atoms with Crippen LogP contribution in [0.2, 0.25) is 0 Å². The van der Waals surface area contributed by atoms with Crippen LogP contribution >= 0.6 is 0 Å². The van der Waals surface area contributed by atoms with Gasteiger partial charge in [0.05, 0.1) is 0 Å². The minimum Gasteiger partial charge on any atom is 0 e. The summed E-state index contributed by atoms with van der Waals surface area (Å²) >= 11 is 0. The molecule has 0 aliphatic rings. The molecule has 0 saturated heterocycles. The molecule has 0 heterocycles. The molecule has 0 N–H and O–H groups in total. The second kappa shape index (κ2) is 39.5. The van der Waals surface area contributed by atoms with Crippen LogP contribution in [0, 0.1) is 0 Å². The maximum Gasteiger partial charge on any atom is 0 e. The Balaban J connectivity index is 0. The Morgan fingerprint density at radius 3 is 1.00 bits per heavy atom. The van der Waals surface area contributed by atoms with Crippen LogP contribution in [0.15, 0.2) is 0 Å². The zero-order valence-electron chi connectivity index (χ0n) is 2.20. The zero-order valence-corrected chi connectivity index (χ0v) is 11.4. The summed E-state index contributed by atoms with van der Waals surface area (Å²) in [5.41, 5.74) is 0. The van der Waals surface area contributed by atoms with Crippen LogP contribution in [0.25, 0.3) is 0 Å². The normalized spacial score (nSPS) is 0. The Kier molecular flexibility index (Phi) is 374. The molecule has 6 heteroatoms. The van der Waals surface area contributed by atoms with Crippen LogP contribution in [-0.2, 0) is 110 Å². The molecule has 0 aromatic heterocycles. The van der Waals surface area contributed by atoms with E-state index in [0.29, 0.717) is 0 Å². The molecule has 0 nitrogen and oxygen atoms in total. The van der Waals surface area contributed by atoms with Crippen LogP contribution in [0.5, 0.6) is 0 Å². The fourth-order valence-electron chi connectivity index (χ4n) is 0. The Morgan fingerprint density at radius 2 is 1.00 bits per heavy atom. The minimum atomic E-state index is 0. The van der Waals surface area contributed by atoms with Crippen molar-refractivity contribution in [2.45, 2.75) is 0 Å². The zero-order chi connectivity index (χ0) is 0. The first kappa shape index (κ1) is 56.8. The second-order valence-corrected chi connectivity index (χ2v) is 0. The van der Waals surface area contributed by atoms with Crippen molar-refractivity contribution in [1.82, 2.24) is 0 Å². The molecule has 0 bridgehead atoms. The third kappa shape index (κ3) is 26.1. The molecule has 0 aliphatic heterocycles. The molecular weight excluding hydrogens is 510 g/mol. The van der Waals surface area contributed by atoms with E-state index in [9.17, 15) is 0 Å². The third-order valence-corrected chi connectivity index (χ3v) is 0. The Morgan fingerprint density at radius 1 is 1.00 bits per heavy atom. The van der Waals surface area contributed by atoms with Gasteiger partial charge in [-0.3, -0.25) is 0 Å². The van der Waals surface area contributed by atoms with E-state index in [1.807, 2.05) is 0 Å². The van der Waals surface area contributed by atoms with Crippen molar-refractivity contribution in [2.75, 3.05) is 0 Å². The van der Waals surface area contributed by atoms with Gasteiger partial charge in [0.15, 0.2) is 0 Å². The van der Waals surface area contributed by atoms with Gasteiger partial charge in [-0.05, 0) is 0 Å². The first-order valence-corrected chi connectivity index (χ1v) is 0. The van der Waals surface area contributed by atoms with Crippen LogP contribution in [-0.4, -0.2) is 0 Å². The molecule has 0 unspecified atom stereocenters. The number of hydrogen-bond donors (Lipinski definition) is 0. The summed E-state index contributed by atoms with van der Waals surface area (Å²) in [6, 6.07) is 0. The molecule has 0 aliphatic carbocycles. The molecule has 0 amide bonds. The molecule has 0 spiro atoms. The summed E-state index contributed by atoms with van der Waals surface area (Å²) in [6.07, 6.45) is 0. The molecule has 6 heavy (non-hydrogen) atoms. The average Bonchev–Trinajstić information content (AvgIpc) is 0. The molecule has 0 aromatic rings. The number of rotatable bonds is 0.